The van der Waals surface area contributed by atoms with Crippen LogP contribution < -0.4 is 5.73 Å². The van der Waals surface area contributed by atoms with Gasteiger partial charge in [-0.3, -0.25) is 0 Å². The van der Waals surface area contributed by atoms with E-state index in [1.807, 2.05) is 0 Å². The molecule has 0 aromatic heterocycles. The van der Waals surface area contributed by atoms with Gasteiger partial charge in [-0.05, 0) is 24.3 Å². The standard InChI is InChI=1S/C7H5N3O.BF4/c8-6-3-1-5(2-4-6)7(11)10-9;2-1(3,4)5/h1-4H,(H-,8,11);/q;-1/p+1. The number of hydrogen-bond donors (Lipinski definition) is 1. The lowest BCUT2D eigenvalue weighted by molar-refractivity contribution is 0.104. The van der Waals surface area contributed by atoms with Gasteiger partial charge < -0.3 is 23.0 Å². The number of anilines is 1. The Labute approximate surface area is 87.8 Å². The van der Waals surface area contributed by atoms with E-state index in [9.17, 15) is 22.1 Å². The molecule has 9 heteroatoms. The fourth-order valence-electron chi connectivity index (χ4n) is 0.683. The lowest BCUT2D eigenvalue weighted by Crippen LogP contribution is -2.02. The van der Waals surface area contributed by atoms with Gasteiger partial charge in [0.25, 0.3) is 0 Å². The molecular weight excluding hydrogens is 229 g/mol. The van der Waals surface area contributed by atoms with Gasteiger partial charge >= 0.3 is 13.2 Å². The molecule has 0 saturated heterocycles. The van der Waals surface area contributed by atoms with E-state index >= 15 is 0 Å². The fourth-order valence-corrected chi connectivity index (χ4v) is 0.683. The molecule has 1 rings (SSSR count). The van der Waals surface area contributed by atoms with Crippen molar-refractivity contribution in [1.29, 1.82) is 5.39 Å². The highest BCUT2D eigenvalue weighted by molar-refractivity contribution is 6.50. The highest BCUT2D eigenvalue weighted by atomic mass is 19.5. The van der Waals surface area contributed by atoms with Crippen LogP contribution in [-0.4, -0.2) is 13.2 Å². The van der Waals surface area contributed by atoms with E-state index in [1.165, 1.54) is 12.1 Å². The van der Waals surface area contributed by atoms with Crippen LogP contribution in [0.2, 0.25) is 0 Å². The number of carbonyl (C=O) groups is 1. The van der Waals surface area contributed by atoms with E-state index in [1.54, 1.807) is 12.1 Å². The maximum atomic E-state index is 10.7. The van der Waals surface area contributed by atoms with Crippen molar-refractivity contribution in [1.82, 2.24) is 0 Å². The molecule has 0 radical (unpaired) electrons. The van der Waals surface area contributed by atoms with Crippen LogP contribution in [0.4, 0.5) is 23.0 Å². The van der Waals surface area contributed by atoms with Gasteiger partial charge in [-0.1, -0.05) is 0 Å². The summed E-state index contributed by atoms with van der Waals surface area (Å²) >= 11 is 0. The zero-order chi connectivity index (χ0) is 12.8. The number of halogens is 4. The van der Waals surface area contributed by atoms with Crippen molar-refractivity contribution >= 4 is 18.8 Å². The van der Waals surface area contributed by atoms with Crippen molar-refractivity contribution in [2.24, 2.45) is 0 Å². The molecule has 0 atom stereocenters. The fraction of sp³-hybridized carbons (Fsp3) is 0. The Morgan fingerprint density at radius 1 is 1.19 bits per heavy atom. The first-order valence-corrected chi connectivity index (χ1v) is 3.86. The minimum Gasteiger partial charge on any atom is -0.418 e. The van der Waals surface area contributed by atoms with Crippen LogP contribution in [0.25, 0.3) is 4.98 Å². The number of nitrogens with zero attached hydrogens (tertiary/aromatic N) is 2. The summed E-state index contributed by atoms with van der Waals surface area (Å²) in [6, 6.07) is 6.13. The van der Waals surface area contributed by atoms with Gasteiger partial charge in [0.1, 0.15) is 5.56 Å². The van der Waals surface area contributed by atoms with Crippen LogP contribution in [-0.2, 0) is 0 Å². The van der Waals surface area contributed by atoms with E-state index in [4.69, 9.17) is 11.1 Å². The zero-order valence-corrected chi connectivity index (χ0v) is 7.78. The molecule has 86 valence electrons. The Morgan fingerprint density at radius 3 is 1.88 bits per heavy atom. The van der Waals surface area contributed by atoms with Gasteiger partial charge in [-0.2, -0.15) is 4.79 Å². The first-order valence-electron chi connectivity index (χ1n) is 3.86. The van der Waals surface area contributed by atoms with E-state index in [2.05, 4.69) is 4.98 Å². The van der Waals surface area contributed by atoms with Crippen LogP contribution in [0.5, 0.6) is 0 Å². The summed E-state index contributed by atoms with van der Waals surface area (Å²) in [6.45, 7) is 0. The van der Waals surface area contributed by atoms with Crippen LogP contribution >= 0.6 is 0 Å². The van der Waals surface area contributed by atoms with E-state index in [-0.39, 0.29) is 0 Å². The predicted octanol–water partition coefficient (Wildman–Crippen LogP) is 2.56. The normalized spacial score (nSPS) is 9.69. The monoisotopic (exact) mass is 235 g/mol. The molecule has 1 aromatic rings. The van der Waals surface area contributed by atoms with E-state index < -0.39 is 13.2 Å². The van der Waals surface area contributed by atoms with Crippen molar-refractivity contribution in [3.63, 3.8) is 0 Å². The highest BCUT2D eigenvalue weighted by Gasteiger charge is 2.20. The maximum absolute atomic E-state index is 10.7. The number of amides is 1. The second-order valence-corrected chi connectivity index (χ2v) is 2.52. The zero-order valence-electron chi connectivity index (χ0n) is 7.78. The molecule has 1 amide bonds. The maximum Gasteiger partial charge on any atom is 0.673 e. The molecule has 0 spiro atoms. The van der Waals surface area contributed by atoms with Crippen molar-refractivity contribution in [3.8, 4) is 0 Å². The number of hydrogen-bond acceptors (Lipinski definition) is 3. The molecular formula is C7H6BF4N3O. The molecule has 0 unspecified atom stereocenters. The molecule has 0 aliphatic rings. The molecule has 0 heterocycles. The summed E-state index contributed by atoms with van der Waals surface area (Å²) in [6.07, 6.45) is 0. The van der Waals surface area contributed by atoms with Gasteiger partial charge in [0.05, 0.1) is 0 Å². The number of benzene rings is 1. The minimum absolute atomic E-state index is 0.321. The minimum atomic E-state index is -6.00. The summed E-state index contributed by atoms with van der Waals surface area (Å²) in [4.78, 5) is 13.2. The van der Waals surface area contributed by atoms with E-state index in [0.717, 1.165) is 0 Å². The number of carbonyl (C=O) groups excluding carboxylic acids is 1. The van der Waals surface area contributed by atoms with Crippen LogP contribution in [0.15, 0.2) is 24.3 Å². The van der Waals surface area contributed by atoms with Gasteiger partial charge in [0, 0.05) is 5.69 Å². The summed E-state index contributed by atoms with van der Waals surface area (Å²) in [5, 5.41) is 8.10. The Kier molecular flexibility index (Phi) is 4.95. The summed E-state index contributed by atoms with van der Waals surface area (Å²) < 4.78 is 39.0. The summed E-state index contributed by atoms with van der Waals surface area (Å²) in [5.41, 5.74) is 6.25. The Bertz CT molecular complexity index is 392. The topological polar surface area (TPSA) is 71.2 Å². The molecule has 2 N–H and O–H groups in total. The second kappa shape index (κ2) is 5.70. The first kappa shape index (κ1) is 13.9. The van der Waals surface area contributed by atoms with Gasteiger partial charge in [-0.15, -0.1) is 0 Å². The third-order valence-corrected chi connectivity index (χ3v) is 1.25. The van der Waals surface area contributed by atoms with Gasteiger partial charge in [-0.25, -0.2) is 0 Å². The van der Waals surface area contributed by atoms with Gasteiger partial charge in [0.15, 0.2) is 0 Å². The predicted molar refractivity (Wildman–Crippen MR) is 50.5 cm³/mol. The molecule has 1 aromatic carbocycles. The third-order valence-electron chi connectivity index (χ3n) is 1.25. The Hall–Kier alpha value is -2.11. The number of diazo groups is 1. The van der Waals surface area contributed by atoms with Crippen molar-refractivity contribution in [2.45, 2.75) is 0 Å². The van der Waals surface area contributed by atoms with Crippen LogP contribution in [0, 0.1) is 5.39 Å². The average molecular weight is 235 g/mol. The van der Waals surface area contributed by atoms with Crippen molar-refractivity contribution in [3.05, 3.63) is 34.8 Å². The Balaban J connectivity index is 0.000000385. The molecule has 0 fully saturated rings. The number of nitrogen functional groups attached to an aromatic ring is 1. The summed E-state index contributed by atoms with van der Waals surface area (Å²) in [5.74, 6) is -0.662. The summed E-state index contributed by atoms with van der Waals surface area (Å²) in [7, 11) is -6.00. The SMILES string of the molecule is F[B-](F)(F)F.N#[N+]C(=O)c1ccc(N)cc1. The lowest BCUT2D eigenvalue weighted by atomic mass is 10.2. The smallest absolute Gasteiger partial charge is 0.418 e. The van der Waals surface area contributed by atoms with Crippen LogP contribution in [0.3, 0.4) is 0 Å². The Morgan fingerprint density at radius 2 is 1.56 bits per heavy atom. The van der Waals surface area contributed by atoms with Crippen molar-refractivity contribution in [2.75, 3.05) is 5.73 Å². The largest absolute Gasteiger partial charge is 0.673 e. The molecule has 0 aliphatic heterocycles. The second-order valence-electron chi connectivity index (χ2n) is 2.52. The third kappa shape index (κ3) is 7.31. The number of rotatable bonds is 1. The molecule has 16 heavy (non-hydrogen) atoms. The highest BCUT2D eigenvalue weighted by Crippen LogP contribution is 2.07. The molecule has 0 saturated carbocycles. The van der Waals surface area contributed by atoms with Gasteiger partial charge in [0.2, 0.25) is 10.4 Å². The average Bonchev–Trinajstić information content (AvgIpc) is 2.15. The lowest BCUT2D eigenvalue weighted by Gasteiger charge is -1.94. The first-order chi connectivity index (χ1) is 7.24. The molecule has 4 nitrogen and oxygen atoms in total. The molecule has 0 aliphatic carbocycles. The quantitative estimate of drug-likeness (QED) is 0.352. The molecule has 0 bridgehead atoms. The van der Waals surface area contributed by atoms with Crippen molar-refractivity contribution < 1.29 is 22.1 Å². The van der Waals surface area contributed by atoms with E-state index in [0.29, 0.717) is 11.3 Å². The number of nitrogens with two attached hydrogens (primary N) is 1. The van der Waals surface area contributed by atoms with Crippen LogP contribution in [0.1, 0.15) is 10.4 Å².